The summed E-state index contributed by atoms with van der Waals surface area (Å²) in [5, 5.41) is 0. The van der Waals surface area contributed by atoms with Crippen molar-refractivity contribution < 1.29 is 4.79 Å². The van der Waals surface area contributed by atoms with Crippen LogP contribution < -0.4 is 0 Å². The van der Waals surface area contributed by atoms with E-state index in [1.807, 2.05) is 6.07 Å². The van der Waals surface area contributed by atoms with Crippen LogP contribution in [0.15, 0.2) is 30.3 Å². The fraction of sp³-hybridized carbons (Fsp3) is 0.611. The molecule has 0 spiro atoms. The van der Waals surface area contributed by atoms with Gasteiger partial charge in [0.1, 0.15) is 0 Å². The van der Waals surface area contributed by atoms with Crippen LogP contribution in [0.1, 0.15) is 45.6 Å². The SMILES string of the molecule is CC(C)CN(CC(C)C)C(=O)[C@@H]1C[C@H]1c1ccccc1. The number of amides is 1. The van der Waals surface area contributed by atoms with Gasteiger partial charge >= 0.3 is 0 Å². The summed E-state index contributed by atoms with van der Waals surface area (Å²) in [7, 11) is 0. The van der Waals surface area contributed by atoms with Crippen LogP contribution in [0.3, 0.4) is 0 Å². The standard InChI is InChI=1S/C18H27NO/c1-13(2)11-19(12-14(3)4)18(20)17-10-16(17)15-8-6-5-7-9-15/h5-9,13-14,16-17H,10-12H2,1-4H3/t16-,17+/m0/s1. The smallest absolute Gasteiger partial charge is 0.226 e. The van der Waals surface area contributed by atoms with E-state index >= 15 is 0 Å². The monoisotopic (exact) mass is 273 g/mol. The van der Waals surface area contributed by atoms with Crippen LogP contribution in [-0.4, -0.2) is 23.9 Å². The van der Waals surface area contributed by atoms with Crippen LogP contribution >= 0.6 is 0 Å². The molecule has 1 fully saturated rings. The third-order valence-corrected chi connectivity index (χ3v) is 3.82. The topological polar surface area (TPSA) is 20.3 Å². The molecule has 2 heteroatoms. The van der Waals surface area contributed by atoms with Crippen molar-refractivity contribution in [2.24, 2.45) is 17.8 Å². The van der Waals surface area contributed by atoms with E-state index in [0.717, 1.165) is 19.5 Å². The van der Waals surface area contributed by atoms with Crippen LogP contribution in [0, 0.1) is 17.8 Å². The first-order valence-electron chi connectivity index (χ1n) is 7.82. The van der Waals surface area contributed by atoms with Gasteiger partial charge in [-0.25, -0.2) is 0 Å². The molecule has 1 aromatic rings. The fourth-order valence-corrected chi connectivity index (χ4v) is 2.91. The van der Waals surface area contributed by atoms with Gasteiger partial charge < -0.3 is 4.90 Å². The summed E-state index contributed by atoms with van der Waals surface area (Å²) in [6, 6.07) is 10.5. The average Bonchev–Trinajstić information content (AvgIpc) is 3.17. The largest absolute Gasteiger partial charge is 0.342 e. The molecule has 0 aliphatic heterocycles. The Bertz CT molecular complexity index is 428. The van der Waals surface area contributed by atoms with Gasteiger partial charge in [0.05, 0.1) is 0 Å². The predicted octanol–water partition coefficient (Wildman–Crippen LogP) is 3.93. The molecule has 2 atom stereocenters. The van der Waals surface area contributed by atoms with Crippen LogP contribution in [0.4, 0.5) is 0 Å². The number of hydrogen-bond donors (Lipinski definition) is 0. The van der Waals surface area contributed by atoms with E-state index in [1.54, 1.807) is 0 Å². The molecule has 0 N–H and O–H groups in total. The number of carbonyl (C=O) groups is 1. The summed E-state index contributed by atoms with van der Waals surface area (Å²) >= 11 is 0. The second-order valence-corrected chi connectivity index (χ2v) is 6.89. The Hall–Kier alpha value is -1.31. The minimum Gasteiger partial charge on any atom is -0.342 e. The summed E-state index contributed by atoms with van der Waals surface area (Å²) in [4.78, 5) is 14.8. The summed E-state index contributed by atoms with van der Waals surface area (Å²) in [6.45, 7) is 10.5. The van der Waals surface area contributed by atoms with E-state index in [2.05, 4.69) is 56.9 Å². The van der Waals surface area contributed by atoms with Crippen LogP contribution in [0.25, 0.3) is 0 Å². The van der Waals surface area contributed by atoms with E-state index < -0.39 is 0 Å². The Morgan fingerprint density at radius 1 is 1.10 bits per heavy atom. The third kappa shape index (κ3) is 3.84. The molecular formula is C18H27NO. The van der Waals surface area contributed by atoms with Gasteiger partial charge in [0.15, 0.2) is 0 Å². The molecule has 0 aromatic heterocycles. The first-order valence-corrected chi connectivity index (χ1v) is 7.82. The highest BCUT2D eigenvalue weighted by molar-refractivity contribution is 5.83. The molecule has 1 saturated carbocycles. The quantitative estimate of drug-likeness (QED) is 0.769. The molecule has 0 unspecified atom stereocenters. The maximum absolute atomic E-state index is 12.7. The number of hydrogen-bond acceptors (Lipinski definition) is 1. The van der Waals surface area contributed by atoms with Crippen molar-refractivity contribution in [2.45, 2.75) is 40.0 Å². The first-order chi connectivity index (χ1) is 9.49. The molecule has 2 nitrogen and oxygen atoms in total. The molecule has 1 amide bonds. The highest BCUT2D eigenvalue weighted by Crippen LogP contribution is 2.48. The van der Waals surface area contributed by atoms with Crippen molar-refractivity contribution in [1.29, 1.82) is 0 Å². The van der Waals surface area contributed by atoms with E-state index in [0.29, 0.717) is 23.7 Å². The average molecular weight is 273 g/mol. The van der Waals surface area contributed by atoms with Crippen LogP contribution in [0.5, 0.6) is 0 Å². The molecule has 1 aliphatic rings. The molecule has 0 radical (unpaired) electrons. The summed E-state index contributed by atoms with van der Waals surface area (Å²) in [5.74, 6) is 2.10. The lowest BCUT2D eigenvalue weighted by molar-refractivity contribution is -0.133. The van der Waals surface area contributed by atoms with Gasteiger partial charge in [-0.15, -0.1) is 0 Å². The maximum Gasteiger partial charge on any atom is 0.226 e. The van der Waals surface area contributed by atoms with E-state index in [-0.39, 0.29) is 5.92 Å². The Kier molecular flexibility index (Phi) is 4.85. The van der Waals surface area contributed by atoms with Crippen molar-refractivity contribution in [3.63, 3.8) is 0 Å². The lowest BCUT2D eigenvalue weighted by Gasteiger charge is -2.26. The molecule has 20 heavy (non-hydrogen) atoms. The van der Waals surface area contributed by atoms with Crippen molar-refractivity contribution in [1.82, 2.24) is 4.90 Å². The van der Waals surface area contributed by atoms with Crippen LogP contribution in [0.2, 0.25) is 0 Å². The highest BCUT2D eigenvalue weighted by atomic mass is 16.2. The maximum atomic E-state index is 12.7. The zero-order chi connectivity index (χ0) is 14.7. The number of benzene rings is 1. The molecule has 0 saturated heterocycles. The van der Waals surface area contributed by atoms with Gasteiger partial charge in [0.2, 0.25) is 5.91 Å². The van der Waals surface area contributed by atoms with Crippen LogP contribution in [-0.2, 0) is 4.79 Å². The Balaban J connectivity index is 1.99. The lowest BCUT2D eigenvalue weighted by Crippen LogP contribution is -2.38. The van der Waals surface area contributed by atoms with E-state index in [1.165, 1.54) is 5.56 Å². The Labute approximate surface area is 123 Å². The minimum absolute atomic E-state index is 0.217. The molecule has 0 bridgehead atoms. The van der Waals surface area contributed by atoms with Gasteiger partial charge in [0, 0.05) is 19.0 Å². The van der Waals surface area contributed by atoms with Gasteiger partial charge in [-0.3, -0.25) is 4.79 Å². The second-order valence-electron chi connectivity index (χ2n) is 6.89. The van der Waals surface area contributed by atoms with Gasteiger partial charge in [0.25, 0.3) is 0 Å². The molecule has 0 heterocycles. The molecule has 1 aromatic carbocycles. The molecular weight excluding hydrogens is 246 g/mol. The van der Waals surface area contributed by atoms with Crippen molar-refractivity contribution in [2.75, 3.05) is 13.1 Å². The Morgan fingerprint density at radius 2 is 1.65 bits per heavy atom. The third-order valence-electron chi connectivity index (χ3n) is 3.82. The summed E-state index contributed by atoms with van der Waals surface area (Å²) < 4.78 is 0. The molecule has 2 rings (SSSR count). The summed E-state index contributed by atoms with van der Waals surface area (Å²) in [6.07, 6.45) is 1.02. The van der Waals surface area contributed by atoms with E-state index in [9.17, 15) is 4.79 Å². The highest BCUT2D eigenvalue weighted by Gasteiger charge is 2.45. The zero-order valence-corrected chi connectivity index (χ0v) is 13.2. The second kappa shape index (κ2) is 6.43. The number of rotatable bonds is 6. The number of nitrogens with zero attached hydrogens (tertiary/aromatic N) is 1. The van der Waals surface area contributed by atoms with E-state index in [4.69, 9.17) is 0 Å². The molecule has 110 valence electrons. The van der Waals surface area contributed by atoms with Gasteiger partial charge in [-0.1, -0.05) is 58.0 Å². The first kappa shape index (κ1) is 15.1. The van der Waals surface area contributed by atoms with Gasteiger partial charge in [-0.05, 0) is 29.7 Å². The van der Waals surface area contributed by atoms with Gasteiger partial charge in [-0.2, -0.15) is 0 Å². The predicted molar refractivity (Wildman–Crippen MR) is 83.5 cm³/mol. The summed E-state index contributed by atoms with van der Waals surface area (Å²) in [5.41, 5.74) is 1.32. The zero-order valence-electron chi connectivity index (χ0n) is 13.2. The molecule has 1 aliphatic carbocycles. The minimum atomic E-state index is 0.217. The fourth-order valence-electron chi connectivity index (χ4n) is 2.91. The Morgan fingerprint density at radius 3 is 2.15 bits per heavy atom. The lowest BCUT2D eigenvalue weighted by atomic mass is 10.1. The number of carbonyl (C=O) groups excluding carboxylic acids is 1. The van der Waals surface area contributed by atoms with Crippen molar-refractivity contribution >= 4 is 5.91 Å². The van der Waals surface area contributed by atoms with Crippen molar-refractivity contribution in [3.8, 4) is 0 Å². The van der Waals surface area contributed by atoms with Crippen molar-refractivity contribution in [3.05, 3.63) is 35.9 Å². The normalized spacial score (nSPS) is 21.3.